The van der Waals surface area contributed by atoms with Gasteiger partial charge in [0.25, 0.3) is 0 Å². The first kappa shape index (κ1) is 13.6. The van der Waals surface area contributed by atoms with Crippen molar-refractivity contribution in [2.45, 2.75) is 32.9 Å². The summed E-state index contributed by atoms with van der Waals surface area (Å²) in [7, 11) is 0. The summed E-state index contributed by atoms with van der Waals surface area (Å²) in [5.74, 6) is 0.481. The van der Waals surface area contributed by atoms with Gasteiger partial charge in [-0.25, -0.2) is 0 Å². The van der Waals surface area contributed by atoms with Crippen molar-refractivity contribution in [3.05, 3.63) is 58.5 Å². The minimum Gasteiger partial charge on any atom is -0.360 e. The predicted octanol–water partition coefficient (Wildman–Crippen LogP) is 4.86. The maximum Gasteiger partial charge on any atom is 0.0647 e. The molecule has 4 heteroatoms. The number of halogens is 1. The average molecular weight is 312 g/mol. The fourth-order valence-corrected chi connectivity index (χ4v) is 3.38. The molecule has 1 aliphatic rings. The third-order valence-electron chi connectivity index (χ3n) is 4.36. The predicted molar refractivity (Wildman–Crippen MR) is 91.5 cm³/mol. The lowest BCUT2D eigenvalue weighted by Crippen LogP contribution is -2.15. The molecule has 1 N–H and O–H groups in total. The first-order valence-electron chi connectivity index (χ1n) is 7.61. The quantitative estimate of drug-likeness (QED) is 0.733. The maximum atomic E-state index is 6.54. The Morgan fingerprint density at radius 1 is 1.23 bits per heavy atom. The topological polar surface area (TPSA) is 31.9 Å². The second-order valence-electron chi connectivity index (χ2n) is 6.24. The molecule has 0 bridgehead atoms. The van der Waals surface area contributed by atoms with Gasteiger partial charge in [-0.15, -0.1) is 0 Å². The number of H-pyrrole nitrogens is 1. The lowest BCUT2D eigenvalue weighted by atomic mass is 10.1. The van der Waals surface area contributed by atoms with E-state index in [1.165, 1.54) is 16.6 Å². The van der Waals surface area contributed by atoms with Crippen molar-refractivity contribution in [1.29, 1.82) is 0 Å². The van der Waals surface area contributed by atoms with Crippen LogP contribution in [-0.4, -0.2) is 9.97 Å². The number of nitrogens with one attached hydrogen (secondary N) is 1. The zero-order chi connectivity index (χ0) is 15.3. The van der Waals surface area contributed by atoms with E-state index in [0.717, 1.165) is 35.0 Å². The molecule has 0 saturated carbocycles. The summed E-state index contributed by atoms with van der Waals surface area (Å²) in [6, 6.07) is 10.5. The van der Waals surface area contributed by atoms with Crippen LogP contribution in [0.4, 0.5) is 5.69 Å². The summed E-state index contributed by atoms with van der Waals surface area (Å²) in [6.07, 6.45) is 1.85. The Morgan fingerprint density at radius 3 is 2.86 bits per heavy atom. The standard InChI is InChI=1S/C18H18ClN3/c1-11(2)15-7-13-6-14(19)18(8-16(13)21-15)22-9-12-4-3-5-20-17(12)10-22/h3-8,11,21H,9-10H2,1-2H3. The zero-order valence-electron chi connectivity index (χ0n) is 12.7. The van der Waals surface area contributed by atoms with E-state index in [1.54, 1.807) is 0 Å². The molecule has 2 aromatic heterocycles. The monoisotopic (exact) mass is 311 g/mol. The molecule has 22 heavy (non-hydrogen) atoms. The molecule has 0 aliphatic carbocycles. The van der Waals surface area contributed by atoms with E-state index in [4.69, 9.17) is 11.6 Å². The molecule has 3 heterocycles. The van der Waals surface area contributed by atoms with Gasteiger partial charge in [-0.3, -0.25) is 4.98 Å². The molecule has 0 radical (unpaired) electrons. The van der Waals surface area contributed by atoms with Crippen LogP contribution in [0.5, 0.6) is 0 Å². The van der Waals surface area contributed by atoms with Gasteiger partial charge in [-0.1, -0.05) is 31.5 Å². The van der Waals surface area contributed by atoms with Crippen molar-refractivity contribution >= 4 is 28.2 Å². The highest BCUT2D eigenvalue weighted by atomic mass is 35.5. The molecule has 3 aromatic rings. The largest absolute Gasteiger partial charge is 0.360 e. The van der Waals surface area contributed by atoms with Crippen LogP contribution in [0.25, 0.3) is 10.9 Å². The number of pyridine rings is 1. The van der Waals surface area contributed by atoms with Crippen LogP contribution in [0.3, 0.4) is 0 Å². The molecule has 0 atom stereocenters. The van der Waals surface area contributed by atoms with Crippen LogP contribution >= 0.6 is 11.6 Å². The third-order valence-corrected chi connectivity index (χ3v) is 4.66. The van der Waals surface area contributed by atoms with Crippen molar-refractivity contribution < 1.29 is 0 Å². The van der Waals surface area contributed by atoms with Gasteiger partial charge < -0.3 is 9.88 Å². The fraction of sp³-hybridized carbons (Fsp3) is 0.278. The molecule has 0 spiro atoms. The van der Waals surface area contributed by atoms with Crippen LogP contribution in [0.2, 0.25) is 5.02 Å². The van der Waals surface area contributed by atoms with Crippen molar-refractivity contribution in [2.24, 2.45) is 0 Å². The van der Waals surface area contributed by atoms with Gasteiger partial charge in [-0.2, -0.15) is 0 Å². The summed E-state index contributed by atoms with van der Waals surface area (Å²) in [4.78, 5) is 10.3. The lowest BCUT2D eigenvalue weighted by molar-refractivity contribution is 0.836. The van der Waals surface area contributed by atoms with Crippen molar-refractivity contribution in [1.82, 2.24) is 9.97 Å². The number of aromatic amines is 1. The molecule has 3 nitrogen and oxygen atoms in total. The third kappa shape index (κ3) is 2.17. The van der Waals surface area contributed by atoms with Crippen LogP contribution in [0.1, 0.15) is 36.7 Å². The van der Waals surface area contributed by atoms with Gasteiger partial charge >= 0.3 is 0 Å². The Labute approximate surface area is 134 Å². The normalized spacial score (nSPS) is 14.1. The first-order chi connectivity index (χ1) is 10.6. The van der Waals surface area contributed by atoms with Crippen molar-refractivity contribution in [3.63, 3.8) is 0 Å². The van der Waals surface area contributed by atoms with E-state index in [2.05, 4.69) is 53.0 Å². The van der Waals surface area contributed by atoms with Gasteiger partial charge in [0.2, 0.25) is 0 Å². The smallest absolute Gasteiger partial charge is 0.0647 e. The Morgan fingerprint density at radius 2 is 2.09 bits per heavy atom. The highest BCUT2D eigenvalue weighted by Gasteiger charge is 2.22. The molecule has 0 unspecified atom stereocenters. The van der Waals surface area contributed by atoms with Gasteiger partial charge in [0.15, 0.2) is 0 Å². The van der Waals surface area contributed by atoms with Crippen molar-refractivity contribution in [2.75, 3.05) is 4.90 Å². The molecular weight excluding hydrogens is 294 g/mol. The molecule has 0 amide bonds. The van der Waals surface area contributed by atoms with E-state index >= 15 is 0 Å². The molecule has 0 fully saturated rings. The highest BCUT2D eigenvalue weighted by Crippen LogP contribution is 2.36. The van der Waals surface area contributed by atoms with Crippen LogP contribution in [0, 0.1) is 0 Å². The van der Waals surface area contributed by atoms with Crippen LogP contribution in [-0.2, 0) is 13.1 Å². The number of nitrogens with zero attached hydrogens (tertiary/aromatic N) is 2. The molecule has 1 aliphatic heterocycles. The van der Waals surface area contributed by atoms with Crippen LogP contribution < -0.4 is 4.90 Å². The Kier molecular flexibility index (Phi) is 3.12. The maximum absolute atomic E-state index is 6.54. The number of anilines is 1. The minimum atomic E-state index is 0.481. The zero-order valence-corrected chi connectivity index (χ0v) is 13.5. The number of rotatable bonds is 2. The van der Waals surface area contributed by atoms with E-state index in [-0.39, 0.29) is 0 Å². The molecule has 1 aromatic carbocycles. The van der Waals surface area contributed by atoms with E-state index in [1.807, 2.05) is 12.3 Å². The van der Waals surface area contributed by atoms with E-state index < -0.39 is 0 Å². The number of fused-ring (bicyclic) bond motifs is 2. The number of hydrogen-bond donors (Lipinski definition) is 1. The van der Waals surface area contributed by atoms with Gasteiger partial charge in [-0.05, 0) is 35.7 Å². The lowest BCUT2D eigenvalue weighted by Gasteiger charge is -2.19. The summed E-state index contributed by atoms with van der Waals surface area (Å²) in [6.45, 7) is 6.07. The number of aromatic nitrogens is 2. The van der Waals surface area contributed by atoms with Gasteiger partial charge in [0.05, 0.1) is 22.9 Å². The summed E-state index contributed by atoms with van der Waals surface area (Å²) in [5.41, 5.74) is 5.90. The summed E-state index contributed by atoms with van der Waals surface area (Å²) in [5, 5.41) is 1.97. The molecule has 4 rings (SSSR count). The molecular formula is C18H18ClN3. The van der Waals surface area contributed by atoms with Gasteiger partial charge in [0, 0.05) is 29.3 Å². The van der Waals surface area contributed by atoms with E-state index in [9.17, 15) is 0 Å². The highest BCUT2D eigenvalue weighted by molar-refractivity contribution is 6.34. The molecule has 112 valence electrons. The Bertz CT molecular complexity index is 826. The second kappa shape index (κ2) is 5.03. The Hall–Kier alpha value is -2.00. The number of hydrogen-bond acceptors (Lipinski definition) is 2. The first-order valence-corrected chi connectivity index (χ1v) is 7.99. The fourth-order valence-electron chi connectivity index (χ4n) is 3.09. The minimum absolute atomic E-state index is 0.481. The summed E-state index contributed by atoms with van der Waals surface area (Å²) < 4.78 is 0. The Balaban J connectivity index is 1.75. The molecule has 0 saturated heterocycles. The van der Waals surface area contributed by atoms with Crippen LogP contribution in [0.15, 0.2) is 36.5 Å². The van der Waals surface area contributed by atoms with Crippen molar-refractivity contribution in [3.8, 4) is 0 Å². The van der Waals surface area contributed by atoms with E-state index in [0.29, 0.717) is 5.92 Å². The summed E-state index contributed by atoms with van der Waals surface area (Å²) >= 11 is 6.54. The second-order valence-corrected chi connectivity index (χ2v) is 6.64. The van der Waals surface area contributed by atoms with Gasteiger partial charge in [0.1, 0.15) is 0 Å². The SMILES string of the molecule is CC(C)c1cc2cc(Cl)c(N3Cc4cccnc4C3)cc2[nH]1. The number of benzene rings is 1. The average Bonchev–Trinajstić information content (AvgIpc) is 3.09.